The molecule has 0 spiro atoms. The SMILES string of the molecule is COC(=O)c1ccc(N2CCN(C(=O)c3ccccc3)CC2)c(NC(=O)c2cc(C)cc(C)c2)c1. The number of rotatable bonds is 5. The Balaban J connectivity index is 1.56. The van der Waals surface area contributed by atoms with E-state index in [0.717, 1.165) is 16.8 Å². The zero-order valence-electron chi connectivity index (χ0n) is 20.2. The van der Waals surface area contributed by atoms with E-state index in [9.17, 15) is 14.4 Å². The fourth-order valence-corrected chi connectivity index (χ4v) is 4.37. The van der Waals surface area contributed by atoms with E-state index in [4.69, 9.17) is 4.74 Å². The molecule has 1 heterocycles. The molecule has 1 N–H and O–H groups in total. The number of anilines is 2. The maximum atomic E-state index is 13.1. The van der Waals surface area contributed by atoms with Gasteiger partial charge in [0, 0.05) is 37.3 Å². The molecule has 180 valence electrons. The van der Waals surface area contributed by atoms with Crippen molar-refractivity contribution in [3.05, 3.63) is 94.5 Å². The van der Waals surface area contributed by atoms with E-state index in [2.05, 4.69) is 10.2 Å². The number of nitrogens with one attached hydrogen (secondary N) is 1. The molecule has 4 rings (SSSR count). The Labute approximate surface area is 205 Å². The highest BCUT2D eigenvalue weighted by Crippen LogP contribution is 2.29. The van der Waals surface area contributed by atoms with Gasteiger partial charge < -0.3 is 19.9 Å². The summed E-state index contributed by atoms with van der Waals surface area (Å²) < 4.78 is 4.87. The molecule has 7 nitrogen and oxygen atoms in total. The van der Waals surface area contributed by atoms with E-state index in [0.29, 0.717) is 48.6 Å². The molecule has 7 heteroatoms. The van der Waals surface area contributed by atoms with Gasteiger partial charge in [0.2, 0.25) is 0 Å². The van der Waals surface area contributed by atoms with Crippen molar-refractivity contribution in [2.24, 2.45) is 0 Å². The fraction of sp³-hybridized carbons (Fsp3) is 0.250. The molecule has 3 aromatic carbocycles. The molecule has 35 heavy (non-hydrogen) atoms. The molecule has 0 aliphatic carbocycles. The van der Waals surface area contributed by atoms with Crippen molar-refractivity contribution in [2.75, 3.05) is 43.5 Å². The molecule has 0 bridgehead atoms. The Morgan fingerprint density at radius 1 is 0.771 bits per heavy atom. The summed E-state index contributed by atoms with van der Waals surface area (Å²) in [6, 6.07) is 20.1. The number of amides is 2. The summed E-state index contributed by atoms with van der Waals surface area (Å²) in [6.07, 6.45) is 0. The number of benzene rings is 3. The summed E-state index contributed by atoms with van der Waals surface area (Å²) >= 11 is 0. The van der Waals surface area contributed by atoms with Crippen LogP contribution in [0.4, 0.5) is 11.4 Å². The minimum absolute atomic E-state index is 0.00892. The van der Waals surface area contributed by atoms with Gasteiger partial charge in [-0.2, -0.15) is 0 Å². The van der Waals surface area contributed by atoms with Crippen molar-refractivity contribution in [1.29, 1.82) is 0 Å². The highest BCUT2D eigenvalue weighted by atomic mass is 16.5. The third-order valence-corrected chi connectivity index (χ3v) is 6.08. The molecule has 1 saturated heterocycles. The number of hydrogen-bond donors (Lipinski definition) is 1. The summed E-state index contributed by atoms with van der Waals surface area (Å²) in [7, 11) is 1.33. The maximum absolute atomic E-state index is 13.1. The number of ether oxygens (including phenoxy) is 1. The van der Waals surface area contributed by atoms with Crippen LogP contribution in [0.2, 0.25) is 0 Å². The second-order valence-electron chi connectivity index (χ2n) is 8.70. The van der Waals surface area contributed by atoms with Crippen molar-refractivity contribution >= 4 is 29.2 Å². The number of esters is 1. The Morgan fingerprint density at radius 2 is 1.43 bits per heavy atom. The number of aryl methyl sites for hydroxylation is 2. The Kier molecular flexibility index (Phi) is 7.15. The lowest BCUT2D eigenvalue weighted by Crippen LogP contribution is -2.49. The summed E-state index contributed by atoms with van der Waals surface area (Å²) in [5.74, 6) is -0.718. The minimum atomic E-state index is -0.475. The van der Waals surface area contributed by atoms with Crippen LogP contribution in [0.25, 0.3) is 0 Å². The Hall–Kier alpha value is -4.13. The largest absolute Gasteiger partial charge is 0.465 e. The van der Waals surface area contributed by atoms with Gasteiger partial charge in [-0.25, -0.2) is 4.79 Å². The zero-order chi connectivity index (χ0) is 24.9. The molecule has 0 radical (unpaired) electrons. The van der Waals surface area contributed by atoms with Crippen LogP contribution < -0.4 is 10.2 Å². The number of carbonyl (C=O) groups excluding carboxylic acids is 3. The molecule has 1 aliphatic rings. The van der Waals surface area contributed by atoms with Crippen LogP contribution >= 0.6 is 0 Å². The van der Waals surface area contributed by atoms with Crippen LogP contribution in [0.3, 0.4) is 0 Å². The highest BCUT2D eigenvalue weighted by Gasteiger charge is 2.25. The van der Waals surface area contributed by atoms with Crippen LogP contribution in [0.15, 0.2) is 66.7 Å². The number of methoxy groups -OCH3 is 1. The third-order valence-electron chi connectivity index (χ3n) is 6.08. The van der Waals surface area contributed by atoms with Gasteiger partial charge in [0.15, 0.2) is 0 Å². The first-order chi connectivity index (χ1) is 16.9. The standard InChI is InChI=1S/C28H29N3O4/c1-19-15-20(2)17-23(16-19)26(32)29-24-18-22(28(34)35-3)9-10-25(24)30-11-13-31(14-12-30)27(33)21-7-5-4-6-8-21/h4-10,15-18H,11-14H2,1-3H3,(H,29,32). The van der Waals surface area contributed by atoms with Crippen LogP contribution in [-0.4, -0.2) is 56.0 Å². The van der Waals surface area contributed by atoms with Gasteiger partial charge in [-0.05, 0) is 56.3 Å². The van der Waals surface area contributed by atoms with Crippen LogP contribution in [0.1, 0.15) is 42.2 Å². The smallest absolute Gasteiger partial charge is 0.337 e. The van der Waals surface area contributed by atoms with Crippen molar-refractivity contribution < 1.29 is 19.1 Å². The second kappa shape index (κ2) is 10.4. The molecule has 3 aromatic rings. The molecule has 2 amide bonds. The van der Waals surface area contributed by atoms with Gasteiger partial charge in [-0.1, -0.05) is 35.4 Å². The van der Waals surface area contributed by atoms with Gasteiger partial charge in [-0.3, -0.25) is 9.59 Å². The van der Waals surface area contributed by atoms with E-state index in [-0.39, 0.29) is 11.8 Å². The van der Waals surface area contributed by atoms with Crippen molar-refractivity contribution in [1.82, 2.24) is 4.90 Å². The highest BCUT2D eigenvalue weighted by molar-refractivity contribution is 6.07. The Bertz CT molecular complexity index is 1230. The van der Waals surface area contributed by atoms with Crippen LogP contribution in [0, 0.1) is 13.8 Å². The third kappa shape index (κ3) is 5.51. The maximum Gasteiger partial charge on any atom is 0.337 e. The van der Waals surface area contributed by atoms with Crippen molar-refractivity contribution in [2.45, 2.75) is 13.8 Å². The molecule has 0 unspecified atom stereocenters. The number of piperazine rings is 1. The molecular formula is C28H29N3O4. The number of nitrogens with zero attached hydrogens (tertiary/aromatic N) is 2. The lowest BCUT2D eigenvalue weighted by atomic mass is 10.1. The summed E-state index contributed by atoms with van der Waals surface area (Å²) in [5.41, 5.74) is 4.89. The summed E-state index contributed by atoms with van der Waals surface area (Å²) in [4.78, 5) is 42.0. The average Bonchev–Trinajstić information content (AvgIpc) is 2.88. The number of hydrogen-bond acceptors (Lipinski definition) is 5. The lowest BCUT2D eigenvalue weighted by molar-refractivity contribution is 0.0600. The Morgan fingerprint density at radius 3 is 2.06 bits per heavy atom. The molecule has 0 saturated carbocycles. The van der Waals surface area contributed by atoms with Crippen molar-refractivity contribution in [3.63, 3.8) is 0 Å². The van der Waals surface area contributed by atoms with Gasteiger partial charge >= 0.3 is 5.97 Å². The van der Waals surface area contributed by atoms with Crippen LogP contribution in [0.5, 0.6) is 0 Å². The molecule has 1 fully saturated rings. The number of carbonyl (C=O) groups is 3. The van der Waals surface area contributed by atoms with E-state index >= 15 is 0 Å². The normalized spacial score (nSPS) is 13.3. The van der Waals surface area contributed by atoms with Gasteiger partial charge in [0.25, 0.3) is 11.8 Å². The van der Waals surface area contributed by atoms with Gasteiger partial charge in [0.05, 0.1) is 24.0 Å². The van der Waals surface area contributed by atoms with Crippen LogP contribution in [-0.2, 0) is 4.74 Å². The van der Waals surface area contributed by atoms with E-state index in [1.807, 2.05) is 73.3 Å². The van der Waals surface area contributed by atoms with E-state index in [1.54, 1.807) is 12.1 Å². The zero-order valence-corrected chi connectivity index (χ0v) is 20.2. The molecular weight excluding hydrogens is 442 g/mol. The second-order valence-corrected chi connectivity index (χ2v) is 8.70. The first-order valence-corrected chi connectivity index (χ1v) is 11.6. The summed E-state index contributed by atoms with van der Waals surface area (Å²) in [5, 5.41) is 2.99. The minimum Gasteiger partial charge on any atom is -0.465 e. The summed E-state index contributed by atoms with van der Waals surface area (Å²) in [6.45, 7) is 6.20. The first kappa shape index (κ1) is 24.0. The topological polar surface area (TPSA) is 79.0 Å². The van der Waals surface area contributed by atoms with E-state index in [1.165, 1.54) is 7.11 Å². The first-order valence-electron chi connectivity index (χ1n) is 11.6. The predicted octanol–water partition coefficient (Wildman–Crippen LogP) is 4.30. The molecule has 1 aliphatic heterocycles. The lowest BCUT2D eigenvalue weighted by Gasteiger charge is -2.37. The molecule has 0 aromatic heterocycles. The van der Waals surface area contributed by atoms with Crippen molar-refractivity contribution in [3.8, 4) is 0 Å². The van der Waals surface area contributed by atoms with Gasteiger partial charge in [-0.15, -0.1) is 0 Å². The van der Waals surface area contributed by atoms with Gasteiger partial charge in [0.1, 0.15) is 0 Å². The monoisotopic (exact) mass is 471 g/mol. The predicted molar refractivity (Wildman–Crippen MR) is 136 cm³/mol. The van der Waals surface area contributed by atoms with E-state index < -0.39 is 5.97 Å². The average molecular weight is 472 g/mol. The fourth-order valence-electron chi connectivity index (χ4n) is 4.37. The molecule has 0 atom stereocenters. The quantitative estimate of drug-likeness (QED) is 0.561.